The molecule has 136 valence electrons. The van der Waals surface area contributed by atoms with Crippen LogP contribution in [0.4, 0.5) is 5.82 Å². The third-order valence-electron chi connectivity index (χ3n) is 4.70. The van der Waals surface area contributed by atoms with Gasteiger partial charge in [-0.2, -0.15) is 0 Å². The minimum atomic E-state index is -0.199. The van der Waals surface area contributed by atoms with E-state index in [0.29, 0.717) is 37.8 Å². The number of aromatic nitrogens is 1. The lowest BCUT2D eigenvalue weighted by Crippen LogP contribution is -2.37. The summed E-state index contributed by atoms with van der Waals surface area (Å²) in [6.07, 6.45) is 6.41. The van der Waals surface area contributed by atoms with Gasteiger partial charge in [-0.15, -0.1) is 0 Å². The summed E-state index contributed by atoms with van der Waals surface area (Å²) in [6.45, 7) is 3.37. The van der Waals surface area contributed by atoms with Crippen LogP contribution in [-0.4, -0.2) is 55.7 Å². The minimum Gasteiger partial charge on any atom is -0.378 e. The molecular weight excluding hydrogens is 320 g/mol. The molecule has 7 nitrogen and oxygen atoms in total. The molecule has 25 heavy (non-hydrogen) atoms. The molecule has 0 aromatic carbocycles. The molecule has 0 atom stereocenters. The summed E-state index contributed by atoms with van der Waals surface area (Å²) in [5.41, 5.74) is 0.508. The number of amides is 2. The number of anilines is 1. The molecule has 0 bridgehead atoms. The number of carbonyl (C=O) groups excluding carboxylic acids is 2. The molecular formula is C18H26N4O3. The largest absolute Gasteiger partial charge is 0.378 e. The molecule has 1 saturated heterocycles. The number of carbonyl (C=O) groups is 2. The third kappa shape index (κ3) is 5.16. The molecule has 2 amide bonds. The van der Waals surface area contributed by atoms with Crippen molar-refractivity contribution in [3.05, 3.63) is 23.9 Å². The number of ether oxygens (including phenoxy) is 1. The third-order valence-corrected chi connectivity index (χ3v) is 4.70. The van der Waals surface area contributed by atoms with Crippen LogP contribution in [0, 0.1) is 0 Å². The van der Waals surface area contributed by atoms with E-state index in [2.05, 4.69) is 20.5 Å². The van der Waals surface area contributed by atoms with Crippen molar-refractivity contribution in [1.29, 1.82) is 0 Å². The molecule has 7 heteroatoms. The summed E-state index contributed by atoms with van der Waals surface area (Å²) in [5, 5.41) is 5.80. The zero-order valence-electron chi connectivity index (χ0n) is 14.5. The summed E-state index contributed by atoms with van der Waals surface area (Å²) >= 11 is 0. The topological polar surface area (TPSA) is 83.6 Å². The molecule has 1 aromatic heterocycles. The highest BCUT2D eigenvalue weighted by molar-refractivity contribution is 5.94. The Morgan fingerprint density at radius 3 is 2.64 bits per heavy atom. The van der Waals surface area contributed by atoms with Crippen molar-refractivity contribution in [2.24, 2.45) is 0 Å². The van der Waals surface area contributed by atoms with Crippen LogP contribution in [0.5, 0.6) is 0 Å². The van der Waals surface area contributed by atoms with Crippen molar-refractivity contribution in [3.8, 4) is 0 Å². The lowest BCUT2D eigenvalue weighted by Gasteiger charge is -2.27. The standard InChI is InChI=1S/C18H26N4O3/c23-17(21-15-3-1-2-4-15)7-8-19-18(24)14-5-6-16(20-13-14)22-9-11-25-12-10-22/h5-6,13,15H,1-4,7-12H2,(H,19,24)(H,21,23). The van der Waals surface area contributed by atoms with Crippen molar-refractivity contribution in [3.63, 3.8) is 0 Å². The van der Waals surface area contributed by atoms with E-state index < -0.39 is 0 Å². The van der Waals surface area contributed by atoms with Crippen LogP contribution in [0.2, 0.25) is 0 Å². The predicted molar refractivity (Wildman–Crippen MR) is 94.6 cm³/mol. The van der Waals surface area contributed by atoms with Crippen molar-refractivity contribution < 1.29 is 14.3 Å². The predicted octanol–water partition coefficient (Wildman–Crippen LogP) is 1.10. The number of hydrogen-bond acceptors (Lipinski definition) is 5. The quantitative estimate of drug-likeness (QED) is 0.806. The van der Waals surface area contributed by atoms with Crippen molar-refractivity contribution >= 4 is 17.6 Å². The Hall–Kier alpha value is -2.15. The minimum absolute atomic E-state index is 0.00740. The molecule has 2 aliphatic rings. The zero-order chi connectivity index (χ0) is 17.5. The highest BCUT2D eigenvalue weighted by Gasteiger charge is 2.17. The average molecular weight is 346 g/mol. The van der Waals surface area contributed by atoms with Crippen LogP contribution in [-0.2, 0) is 9.53 Å². The SMILES string of the molecule is O=C(CCNC(=O)c1ccc(N2CCOCC2)nc1)NC1CCCC1. The summed E-state index contributed by atoms with van der Waals surface area (Å²) < 4.78 is 5.32. The first kappa shape index (κ1) is 17.7. The summed E-state index contributed by atoms with van der Waals surface area (Å²) in [6, 6.07) is 3.94. The Morgan fingerprint density at radius 2 is 1.96 bits per heavy atom. The van der Waals surface area contributed by atoms with E-state index in [-0.39, 0.29) is 11.8 Å². The van der Waals surface area contributed by atoms with Gasteiger partial charge < -0.3 is 20.3 Å². The van der Waals surface area contributed by atoms with E-state index in [1.165, 1.54) is 12.8 Å². The van der Waals surface area contributed by atoms with Crippen molar-refractivity contribution in [2.45, 2.75) is 38.1 Å². The average Bonchev–Trinajstić information content (AvgIpc) is 3.15. The van der Waals surface area contributed by atoms with Crippen LogP contribution >= 0.6 is 0 Å². The van der Waals surface area contributed by atoms with Gasteiger partial charge in [0.25, 0.3) is 5.91 Å². The molecule has 3 rings (SSSR count). The second-order valence-corrected chi connectivity index (χ2v) is 6.56. The van der Waals surface area contributed by atoms with E-state index in [0.717, 1.165) is 31.7 Å². The fourth-order valence-corrected chi connectivity index (χ4v) is 3.26. The Balaban J connectivity index is 1.40. The first-order valence-corrected chi connectivity index (χ1v) is 9.09. The summed E-state index contributed by atoms with van der Waals surface area (Å²) in [4.78, 5) is 30.5. The monoisotopic (exact) mass is 346 g/mol. The fraction of sp³-hybridized carbons (Fsp3) is 0.611. The molecule has 1 aromatic rings. The number of hydrogen-bond donors (Lipinski definition) is 2. The number of nitrogens with one attached hydrogen (secondary N) is 2. The molecule has 0 radical (unpaired) electrons. The Morgan fingerprint density at radius 1 is 1.20 bits per heavy atom. The van der Waals surface area contributed by atoms with Crippen LogP contribution in [0.1, 0.15) is 42.5 Å². The van der Waals surface area contributed by atoms with Gasteiger partial charge in [0.2, 0.25) is 5.91 Å². The molecule has 1 aliphatic carbocycles. The van der Waals surface area contributed by atoms with Gasteiger partial charge in [0.05, 0.1) is 18.8 Å². The van der Waals surface area contributed by atoms with Gasteiger partial charge in [0.1, 0.15) is 5.82 Å². The van der Waals surface area contributed by atoms with E-state index in [1.807, 2.05) is 6.07 Å². The second-order valence-electron chi connectivity index (χ2n) is 6.56. The van der Waals surface area contributed by atoms with Crippen molar-refractivity contribution in [2.75, 3.05) is 37.7 Å². The summed E-state index contributed by atoms with van der Waals surface area (Å²) in [7, 11) is 0. The number of morpholine rings is 1. The molecule has 2 fully saturated rings. The first-order chi connectivity index (χ1) is 12.2. The maximum atomic E-state index is 12.1. The first-order valence-electron chi connectivity index (χ1n) is 9.09. The van der Waals surface area contributed by atoms with Gasteiger partial charge in [-0.3, -0.25) is 9.59 Å². The number of rotatable bonds is 6. The van der Waals surface area contributed by atoms with E-state index in [1.54, 1.807) is 12.3 Å². The van der Waals surface area contributed by atoms with Crippen LogP contribution < -0.4 is 15.5 Å². The Bertz CT molecular complexity index is 578. The smallest absolute Gasteiger partial charge is 0.252 e. The van der Waals surface area contributed by atoms with Crippen LogP contribution in [0.25, 0.3) is 0 Å². The highest BCUT2D eigenvalue weighted by atomic mass is 16.5. The molecule has 1 saturated carbocycles. The van der Waals surface area contributed by atoms with Gasteiger partial charge in [0, 0.05) is 38.3 Å². The van der Waals surface area contributed by atoms with E-state index in [4.69, 9.17) is 4.74 Å². The van der Waals surface area contributed by atoms with Gasteiger partial charge >= 0.3 is 0 Å². The normalized spacial score (nSPS) is 18.2. The molecule has 1 aliphatic heterocycles. The second kappa shape index (κ2) is 8.80. The number of nitrogens with zero attached hydrogens (tertiary/aromatic N) is 2. The number of pyridine rings is 1. The summed E-state index contributed by atoms with van der Waals surface area (Å²) in [5.74, 6) is 0.665. The zero-order valence-corrected chi connectivity index (χ0v) is 14.5. The Labute approximate surface area is 148 Å². The van der Waals surface area contributed by atoms with Gasteiger partial charge in [-0.25, -0.2) is 4.98 Å². The lowest BCUT2D eigenvalue weighted by molar-refractivity contribution is -0.121. The molecule has 0 unspecified atom stereocenters. The lowest BCUT2D eigenvalue weighted by atomic mass is 10.2. The van der Waals surface area contributed by atoms with E-state index >= 15 is 0 Å². The van der Waals surface area contributed by atoms with E-state index in [9.17, 15) is 9.59 Å². The van der Waals surface area contributed by atoms with Gasteiger partial charge in [0.15, 0.2) is 0 Å². The molecule has 2 N–H and O–H groups in total. The van der Waals surface area contributed by atoms with Crippen molar-refractivity contribution in [1.82, 2.24) is 15.6 Å². The van der Waals surface area contributed by atoms with Crippen LogP contribution in [0.3, 0.4) is 0 Å². The molecule has 2 heterocycles. The van der Waals surface area contributed by atoms with Crippen LogP contribution in [0.15, 0.2) is 18.3 Å². The fourth-order valence-electron chi connectivity index (χ4n) is 3.26. The maximum Gasteiger partial charge on any atom is 0.252 e. The highest BCUT2D eigenvalue weighted by Crippen LogP contribution is 2.17. The van der Waals surface area contributed by atoms with Gasteiger partial charge in [-0.1, -0.05) is 12.8 Å². The molecule has 0 spiro atoms. The maximum absolute atomic E-state index is 12.1. The Kier molecular flexibility index (Phi) is 6.22. The van der Waals surface area contributed by atoms with Gasteiger partial charge in [-0.05, 0) is 25.0 Å².